The molecular formula is C40H39NO2. The number of esters is 1. The number of fused-ring (bicyclic) bond motifs is 3. The summed E-state index contributed by atoms with van der Waals surface area (Å²) in [5.41, 5.74) is 15.2. The van der Waals surface area contributed by atoms with Gasteiger partial charge in [-0.2, -0.15) is 0 Å². The number of hydrogen-bond acceptors (Lipinski definition) is 3. The van der Waals surface area contributed by atoms with Crippen LogP contribution in [0.4, 0.5) is 17.1 Å². The Balaban J connectivity index is 1.43. The Morgan fingerprint density at radius 2 is 1.30 bits per heavy atom. The van der Waals surface area contributed by atoms with Crippen LogP contribution in [0.25, 0.3) is 11.1 Å². The number of carbonyl (C=O) groups is 1. The van der Waals surface area contributed by atoms with Gasteiger partial charge in [0, 0.05) is 16.8 Å². The van der Waals surface area contributed by atoms with Crippen LogP contribution in [0.3, 0.4) is 0 Å². The van der Waals surface area contributed by atoms with E-state index in [1.807, 2.05) is 48.5 Å². The van der Waals surface area contributed by atoms with Gasteiger partial charge in [0.25, 0.3) is 0 Å². The van der Waals surface area contributed by atoms with Gasteiger partial charge in [0.1, 0.15) is 5.75 Å². The maximum Gasteiger partial charge on any atom is 0.343 e. The highest BCUT2D eigenvalue weighted by atomic mass is 16.5. The third kappa shape index (κ3) is 4.93. The lowest BCUT2D eigenvalue weighted by atomic mass is 9.82. The van der Waals surface area contributed by atoms with Crippen LogP contribution < -0.4 is 9.64 Å². The average molecular weight is 566 g/mol. The Bertz CT molecular complexity index is 1820. The predicted molar refractivity (Wildman–Crippen MR) is 178 cm³/mol. The van der Waals surface area contributed by atoms with Gasteiger partial charge in [0.2, 0.25) is 0 Å². The van der Waals surface area contributed by atoms with Gasteiger partial charge >= 0.3 is 5.97 Å². The molecule has 0 bridgehead atoms. The van der Waals surface area contributed by atoms with Gasteiger partial charge in [0.15, 0.2) is 0 Å². The zero-order valence-electron chi connectivity index (χ0n) is 26.2. The first-order valence-electron chi connectivity index (χ1n) is 15.1. The second kappa shape index (κ2) is 10.9. The molecule has 0 saturated carbocycles. The van der Waals surface area contributed by atoms with E-state index in [9.17, 15) is 4.79 Å². The van der Waals surface area contributed by atoms with E-state index < -0.39 is 0 Å². The van der Waals surface area contributed by atoms with Crippen LogP contribution in [0.2, 0.25) is 0 Å². The molecule has 0 aliphatic heterocycles. The van der Waals surface area contributed by atoms with Crippen molar-refractivity contribution in [2.24, 2.45) is 0 Å². The number of aryl methyl sites for hydroxylation is 3. The highest BCUT2D eigenvalue weighted by Gasteiger charge is 2.36. The predicted octanol–water partition coefficient (Wildman–Crippen LogP) is 10.5. The lowest BCUT2D eigenvalue weighted by Crippen LogP contribution is -2.18. The Hall–Kier alpha value is -4.63. The minimum absolute atomic E-state index is 0.108. The maximum atomic E-state index is 13.1. The van der Waals surface area contributed by atoms with Gasteiger partial charge in [-0.05, 0) is 133 Å². The van der Waals surface area contributed by atoms with E-state index in [4.69, 9.17) is 4.74 Å². The van der Waals surface area contributed by atoms with Crippen molar-refractivity contribution in [1.29, 1.82) is 0 Å². The second-order valence-electron chi connectivity index (χ2n) is 12.3. The van der Waals surface area contributed by atoms with E-state index in [0.29, 0.717) is 11.3 Å². The van der Waals surface area contributed by atoms with Gasteiger partial charge < -0.3 is 9.64 Å². The number of carbonyl (C=O) groups excluding carboxylic acids is 1. The maximum absolute atomic E-state index is 13.1. The molecule has 0 amide bonds. The number of hydrogen-bond donors (Lipinski definition) is 0. The molecule has 5 aromatic rings. The lowest BCUT2D eigenvalue weighted by Gasteiger charge is -2.31. The molecule has 43 heavy (non-hydrogen) atoms. The molecule has 0 radical (unpaired) electrons. The summed E-state index contributed by atoms with van der Waals surface area (Å²) < 4.78 is 5.69. The van der Waals surface area contributed by atoms with Crippen LogP contribution in [0, 0.1) is 27.7 Å². The summed E-state index contributed by atoms with van der Waals surface area (Å²) in [5, 5.41) is 0. The van der Waals surface area contributed by atoms with E-state index >= 15 is 0 Å². The van der Waals surface area contributed by atoms with Crippen molar-refractivity contribution in [3.8, 4) is 16.9 Å². The summed E-state index contributed by atoms with van der Waals surface area (Å²) in [5.74, 6) is 0.189. The largest absolute Gasteiger partial charge is 0.423 e. The molecule has 0 aromatic heterocycles. The molecule has 5 aromatic carbocycles. The Morgan fingerprint density at radius 1 is 0.698 bits per heavy atom. The average Bonchev–Trinajstić information content (AvgIpc) is 3.24. The third-order valence-corrected chi connectivity index (χ3v) is 9.28. The fraction of sp³-hybridized carbons (Fsp3) is 0.225. The molecule has 0 atom stereocenters. The summed E-state index contributed by atoms with van der Waals surface area (Å²) in [6.07, 6.45) is 0.945. The molecule has 0 unspecified atom stereocenters. The quantitative estimate of drug-likeness (QED) is 0.151. The molecule has 0 heterocycles. The van der Waals surface area contributed by atoms with E-state index in [0.717, 1.165) is 17.8 Å². The molecule has 3 heteroatoms. The highest BCUT2D eigenvalue weighted by Crippen LogP contribution is 2.51. The zero-order valence-corrected chi connectivity index (χ0v) is 26.2. The monoisotopic (exact) mass is 565 g/mol. The lowest BCUT2D eigenvalue weighted by molar-refractivity contribution is 0.0734. The van der Waals surface area contributed by atoms with Crippen molar-refractivity contribution in [1.82, 2.24) is 0 Å². The van der Waals surface area contributed by atoms with Crippen molar-refractivity contribution >= 4 is 23.0 Å². The minimum atomic E-state index is -0.363. The summed E-state index contributed by atoms with van der Waals surface area (Å²) in [6, 6.07) is 33.3. The summed E-state index contributed by atoms with van der Waals surface area (Å²) in [7, 11) is 0. The molecule has 216 valence electrons. The van der Waals surface area contributed by atoms with E-state index in [2.05, 4.69) is 102 Å². The number of benzene rings is 5. The molecule has 0 fully saturated rings. The fourth-order valence-electron chi connectivity index (χ4n) is 6.48. The first-order valence-corrected chi connectivity index (χ1v) is 15.1. The van der Waals surface area contributed by atoms with Crippen LogP contribution in [0.1, 0.15) is 70.1 Å². The minimum Gasteiger partial charge on any atom is -0.423 e. The Morgan fingerprint density at radius 3 is 1.95 bits per heavy atom. The molecule has 3 nitrogen and oxygen atoms in total. The zero-order chi connectivity index (χ0) is 30.5. The standard InChI is InChI=1S/C40H39NO2/c1-8-29-13-20-33(21-14-29)43-39(42)30-15-17-31(18-16-30)41(38-27(4)25(2)23-26(3)28(38)5)32-19-22-35-34-11-9-10-12-36(34)40(6,7)37(35)24-32/h9-24H,8H2,1-7H3. The summed E-state index contributed by atoms with van der Waals surface area (Å²) in [6.45, 7) is 15.5. The fourth-order valence-corrected chi connectivity index (χ4v) is 6.48. The van der Waals surface area contributed by atoms with Crippen molar-refractivity contribution in [2.75, 3.05) is 4.90 Å². The first kappa shape index (κ1) is 28.5. The van der Waals surface area contributed by atoms with Crippen LogP contribution in [0.15, 0.2) is 97.1 Å². The van der Waals surface area contributed by atoms with Crippen molar-refractivity contribution in [2.45, 2.75) is 60.3 Å². The van der Waals surface area contributed by atoms with Crippen LogP contribution >= 0.6 is 0 Å². The molecule has 6 rings (SSSR count). The number of anilines is 3. The van der Waals surface area contributed by atoms with Gasteiger partial charge in [0.05, 0.1) is 11.3 Å². The van der Waals surface area contributed by atoms with Crippen molar-refractivity contribution < 1.29 is 9.53 Å². The van der Waals surface area contributed by atoms with Gasteiger partial charge in [-0.1, -0.05) is 69.3 Å². The van der Waals surface area contributed by atoms with Crippen molar-refractivity contribution in [3.05, 3.63) is 142 Å². The van der Waals surface area contributed by atoms with E-state index in [1.165, 1.54) is 55.8 Å². The number of ether oxygens (including phenoxy) is 1. The second-order valence-corrected chi connectivity index (χ2v) is 12.3. The van der Waals surface area contributed by atoms with Crippen LogP contribution in [0.5, 0.6) is 5.75 Å². The summed E-state index contributed by atoms with van der Waals surface area (Å²) in [4.78, 5) is 15.4. The van der Waals surface area contributed by atoms with Gasteiger partial charge in [-0.25, -0.2) is 4.79 Å². The molecule has 1 aliphatic rings. The Kier molecular flexibility index (Phi) is 7.22. The smallest absolute Gasteiger partial charge is 0.343 e. The highest BCUT2D eigenvalue weighted by molar-refractivity contribution is 5.92. The van der Waals surface area contributed by atoms with Crippen LogP contribution in [-0.4, -0.2) is 5.97 Å². The normalized spacial score (nSPS) is 12.9. The summed E-state index contributed by atoms with van der Waals surface area (Å²) >= 11 is 0. The molecule has 0 saturated heterocycles. The van der Waals surface area contributed by atoms with Crippen molar-refractivity contribution in [3.63, 3.8) is 0 Å². The van der Waals surface area contributed by atoms with Gasteiger partial charge in [-0.15, -0.1) is 0 Å². The number of rotatable bonds is 6. The van der Waals surface area contributed by atoms with E-state index in [-0.39, 0.29) is 11.4 Å². The third-order valence-electron chi connectivity index (χ3n) is 9.28. The first-order chi connectivity index (χ1) is 20.6. The van der Waals surface area contributed by atoms with Gasteiger partial charge in [-0.3, -0.25) is 0 Å². The SMILES string of the molecule is CCc1ccc(OC(=O)c2ccc(N(c3ccc4c(c3)C(C)(C)c3ccccc3-4)c3c(C)c(C)cc(C)c3C)cc2)cc1. The molecule has 0 spiro atoms. The van der Waals surface area contributed by atoms with Crippen LogP contribution in [-0.2, 0) is 11.8 Å². The molecular weight excluding hydrogens is 526 g/mol. The molecule has 0 N–H and O–H groups in total. The Labute approximate surface area is 255 Å². The molecule has 1 aliphatic carbocycles. The van der Waals surface area contributed by atoms with E-state index in [1.54, 1.807) is 0 Å². The number of nitrogens with zero attached hydrogens (tertiary/aromatic N) is 1. The topological polar surface area (TPSA) is 29.5 Å².